The Labute approximate surface area is 259 Å². The van der Waals surface area contributed by atoms with Gasteiger partial charge < -0.3 is 24.7 Å². The van der Waals surface area contributed by atoms with Crippen molar-refractivity contribution in [2.45, 2.75) is 37.4 Å². The van der Waals surface area contributed by atoms with Crippen molar-refractivity contribution in [1.29, 1.82) is 0 Å². The van der Waals surface area contributed by atoms with Gasteiger partial charge in [0, 0.05) is 42.7 Å². The number of nitrogens with two attached hydrogens (primary N) is 1. The van der Waals surface area contributed by atoms with Crippen LogP contribution in [-0.4, -0.2) is 82.1 Å². The molecule has 46 heavy (non-hydrogen) atoms. The summed E-state index contributed by atoms with van der Waals surface area (Å²) in [6.45, 7) is 6.56. The molecule has 1 amide bonds. The van der Waals surface area contributed by atoms with E-state index in [4.69, 9.17) is 14.9 Å². The number of benzene rings is 2. The van der Waals surface area contributed by atoms with Gasteiger partial charge in [0.2, 0.25) is 5.91 Å². The number of hydrogen-bond acceptors (Lipinski definition) is 9. The van der Waals surface area contributed by atoms with Crippen LogP contribution >= 0.6 is 0 Å². The Kier molecular flexibility index (Phi) is 7.25. The molecule has 0 unspecified atom stereocenters. The van der Waals surface area contributed by atoms with E-state index in [1.807, 2.05) is 0 Å². The highest BCUT2D eigenvalue weighted by molar-refractivity contribution is 6.00. The first-order chi connectivity index (χ1) is 22.0. The van der Waals surface area contributed by atoms with E-state index >= 15 is 4.39 Å². The molecule has 10 nitrogen and oxygen atoms in total. The molecule has 0 bridgehead atoms. The van der Waals surface area contributed by atoms with Crippen LogP contribution in [0.5, 0.6) is 6.01 Å². The van der Waals surface area contributed by atoms with E-state index in [9.17, 15) is 22.4 Å². The first kappa shape index (κ1) is 30.1. The molecule has 3 aliphatic rings. The molecule has 15 heteroatoms. The van der Waals surface area contributed by atoms with Crippen LogP contribution < -0.4 is 15.4 Å². The van der Waals surface area contributed by atoms with Crippen LogP contribution in [0.15, 0.2) is 35.3 Å². The molecule has 3 aliphatic heterocycles. The fourth-order valence-corrected chi connectivity index (χ4v) is 7.10. The quantitative estimate of drug-likeness (QED) is 0.225. The first-order valence-corrected chi connectivity index (χ1v) is 15.0. The maximum atomic E-state index is 16.8. The van der Waals surface area contributed by atoms with Crippen LogP contribution in [0.2, 0.25) is 0 Å². The molecule has 2 N–H and O–H groups in total. The largest absolute Gasteiger partial charge is 0.461 e. The molecule has 2 aromatic heterocycles. The Bertz CT molecular complexity index is 1860. The van der Waals surface area contributed by atoms with Crippen LogP contribution in [-0.2, 0) is 11.0 Å². The minimum absolute atomic E-state index is 0.0452. The van der Waals surface area contributed by atoms with E-state index in [0.717, 1.165) is 57.0 Å². The van der Waals surface area contributed by atoms with Gasteiger partial charge in [-0.25, -0.2) is 8.78 Å². The average molecular weight is 644 g/mol. The molecule has 5 heterocycles. The predicted molar refractivity (Wildman–Crippen MR) is 159 cm³/mol. The lowest BCUT2D eigenvalue weighted by atomic mass is 9.95. The summed E-state index contributed by atoms with van der Waals surface area (Å²) < 4.78 is 86.7. The van der Waals surface area contributed by atoms with Gasteiger partial charge >= 0.3 is 12.2 Å². The van der Waals surface area contributed by atoms with Gasteiger partial charge in [-0.05, 0) is 63.0 Å². The summed E-state index contributed by atoms with van der Waals surface area (Å²) in [4.78, 5) is 30.5. The number of nitrogens with zero attached hydrogens (tertiary/aromatic N) is 6. The van der Waals surface area contributed by atoms with Crippen LogP contribution in [0.1, 0.15) is 31.2 Å². The summed E-state index contributed by atoms with van der Waals surface area (Å²) >= 11 is 0. The number of ether oxygens (including phenoxy) is 1. The Balaban J connectivity index is 1.40. The van der Waals surface area contributed by atoms with Crippen LogP contribution in [0.3, 0.4) is 0 Å². The summed E-state index contributed by atoms with van der Waals surface area (Å²) in [6, 6.07) is 1.99. The Morgan fingerprint density at radius 3 is 2.43 bits per heavy atom. The fraction of sp³-hybridized carbons (Fsp3) is 0.419. The number of aromatic nitrogens is 3. The molecule has 3 saturated heterocycles. The number of carbonyl (C=O) groups is 1. The topological polar surface area (TPSA) is 114 Å². The molecule has 7 rings (SSSR count). The number of carbonyl (C=O) groups excluding carboxylic acids is 1. The van der Waals surface area contributed by atoms with E-state index in [1.165, 1.54) is 6.08 Å². The van der Waals surface area contributed by atoms with Gasteiger partial charge in [0.15, 0.2) is 17.2 Å². The van der Waals surface area contributed by atoms with Gasteiger partial charge in [-0.2, -0.15) is 28.1 Å². The third-order valence-electron chi connectivity index (χ3n) is 9.32. The van der Waals surface area contributed by atoms with Crippen molar-refractivity contribution in [3.8, 4) is 17.1 Å². The number of nitrogen functional groups attached to an aromatic ring is 1. The first-order valence-electron chi connectivity index (χ1n) is 15.0. The second kappa shape index (κ2) is 11.1. The third kappa shape index (κ3) is 4.96. The zero-order valence-electron chi connectivity index (χ0n) is 24.7. The highest BCUT2D eigenvalue weighted by Gasteiger charge is 2.45. The predicted octanol–water partition coefficient (Wildman–Crippen LogP) is 5.16. The summed E-state index contributed by atoms with van der Waals surface area (Å²) in [5.41, 5.74) is 1.54. The second-order valence-corrected chi connectivity index (χ2v) is 11.9. The van der Waals surface area contributed by atoms with Crippen molar-refractivity contribution in [2.24, 2.45) is 0 Å². The lowest BCUT2D eigenvalue weighted by Crippen LogP contribution is -2.48. The highest BCUT2D eigenvalue weighted by atomic mass is 19.4. The second-order valence-electron chi connectivity index (χ2n) is 11.9. The summed E-state index contributed by atoms with van der Waals surface area (Å²) in [5, 5.41) is -0.191. The van der Waals surface area contributed by atoms with Crippen molar-refractivity contribution < 1.29 is 35.9 Å². The number of halogens is 5. The van der Waals surface area contributed by atoms with Crippen molar-refractivity contribution in [3.05, 3.63) is 48.1 Å². The van der Waals surface area contributed by atoms with Crippen molar-refractivity contribution >= 4 is 39.7 Å². The van der Waals surface area contributed by atoms with E-state index in [-0.39, 0.29) is 72.5 Å². The molecule has 0 saturated carbocycles. The van der Waals surface area contributed by atoms with Gasteiger partial charge in [-0.3, -0.25) is 9.69 Å². The lowest BCUT2D eigenvalue weighted by Gasteiger charge is -2.35. The molecule has 0 aliphatic carbocycles. The Morgan fingerprint density at radius 2 is 1.76 bits per heavy atom. The van der Waals surface area contributed by atoms with Gasteiger partial charge in [-0.1, -0.05) is 6.58 Å². The number of hydrogen-bond donors (Lipinski definition) is 1. The van der Waals surface area contributed by atoms with Crippen LogP contribution in [0.4, 0.5) is 33.8 Å². The standard InChI is InChI=1S/C31H30F5N7O3/c1-2-21(44)41-11-13-42(14-12-41)27-18-15-19(31(34,35)36)22(17-5-6-20(32)26-25(17)38-28(37)46-26)23(33)24(18)39-29(40-27)45-16-30-7-3-9-43(30)10-4-8-30/h2,5-6,15H,1,3-4,7-14,16H2,(H2,37,38). The minimum atomic E-state index is -5.05. The van der Waals surface area contributed by atoms with Crippen LogP contribution in [0, 0.1) is 11.6 Å². The monoisotopic (exact) mass is 643 g/mol. The number of rotatable bonds is 6. The van der Waals surface area contributed by atoms with Crippen molar-refractivity contribution in [3.63, 3.8) is 0 Å². The Hall–Kier alpha value is -4.53. The number of oxazole rings is 1. The average Bonchev–Trinajstić information content (AvgIpc) is 3.74. The molecule has 4 aromatic rings. The highest BCUT2D eigenvalue weighted by Crippen LogP contribution is 2.46. The molecular formula is C31H30F5N7O3. The SMILES string of the molecule is C=CC(=O)N1CCN(c2nc(OCC34CCCN3CCC4)nc3c(F)c(-c4ccc(F)c5oc(N)nc45)c(C(F)(F)F)cc23)CC1. The number of anilines is 2. The summed E-state index contributed by atoms with van der Waals surface area (Å²) in [6.07, 6.45) is 0.00601. The summed E-state index contributed by atoms with van der Waals surface area (Å²) in [5.74, 6) is -2.46. The van der Waals surface area contributed by atoms with E-state index in [1.54, 1.807) is 9.80 Å². The van der Waals surface area contributed by atoms with Gasteiger partial charge in [0.25, 0.3) is 6.01 Å². The number of fused-ring (bicyclic) bond motifs is 3. The van der Waals surface area contributed by atoms with Gasteiger partial charge in [-0.15, -0.1) is 0 Å². The lowest BCUT2D eigenvalue weighted by molar-refractivity contribution is -0.137. The fourth-order valence-electron chi connectivity index (χ4n) is 7.10. The van der Waals surface area contributed by atoms with Gasteiger partial charge in [0.1, 0.15) is 23.5 Å². The zero-order chi connectivity index (χ0) is 32.4. The molecule has 242 valence electrons. The molecule has 0 spiro atoms. The maximum Gasteiger partial charge on any atom is 0.417 e. The number of amides is 1. The molecular weight excluding hydrogens is 613 g/mol. The molecule has 0 atom stereocenters. The normalized spacial score (nSPS) is 18.5. The molecule has 3 fully saturated rings. The number of piperazine rings is 1. The Morgan fingerprint density at radius 1 is 1.04 bits per heavy atom. The molecule has 0 radical (unpaired) electrons. The zero-order valence-corrected chi connectivity index (χ0v) is 24.7. The number of alkyl halides is 3. The third-order valence-corrected chi connectivity index (χ3v) is 9.32. The van der Waals surface area contributed by atoms with Gasteiger partial charge in [0.05, 0.1) is 11.1 Å². The maximum absolute atomic E-state index is 16.8. The minimum Gasteiger partial charge on any atom is -0.461 e. The smallest absolute Gasteiger partial charge is 0.417 e. The van der Waals surface area contributed by atoms with Crippen molar-refractivity contribution in [2.75, 3.05) is 56.5 Å². The van der Waals surface area contributed by atoms with Crippen LogP contribution in [0.25, 0.3) is 33.1 Å². The summed E-state index contributed by atoms with van der Waals surface area (Å²) in [7, 11) is 0. The molecule has 2 aromatic carbocycles. The van der Waals surface area contributed by atoms with E-state index in [2.05, 4.69) is 26.4 Å². The van der Waals surface area contributed by atoms with Crippen molar-refractivity contribution in [1.82, 2.24) is 24.8 Å². The van der Waals surface area contributed by atoms with E-state index < -0.39 is 46.1 Å². The van der Waals surface area contributed by atoms with E-state index in [0.29, 0.717) is 0 Å².